The van der Waals surface area contributed by atoms with Crippen molar-refractivity contribution in [1.82, 2.24) is 15.5 Å². The summed E-state index contributed by atoms with van der Waals surface area (Å²) < 4.78 is 40.4. The van der Waals surface area contributed by atoms with Gasteiger partial charge in [-0.2, -0.15) is 0 Å². The van der Waals surface area contributed by atoms with Gasteiger partial charge in [0.2, 0.25) is 11.8 Å². The van der Waals surface area contributed by atoms with Crippen LogP contribution in [0.5, 0.6) is 0 Å². The summed E-state index contributed by atoms with van der Waals surface area (Å²) in [5.41, 5.74) is 2.37. The van der Waals surface area contributed by atoms with Crippen molar-refractivity contribution in [2.24, 2.45) is 0 Å². The summed E-state index contributed by atoms with van der Waals surface area (Å²) in [7, 11) is 0. The van der Waals surface area contributed by atoms with Gasteiger partial charge in [0.25, 0.3) is 0 Å². The predicted octanol–water partition coefficient (Wildman–Crippen LogP) is 4.37. The highest BCUT2D eigenvalue weighted by molar-refractivity contribution is 5.99. The minimum absolute atomic E-state index is 0.00579. The highest BCUT2D eigenvalue weighted by atomic mass is 19.2. The van der Waals surface area contributed by atoms with Crippen molar-refractivity contribution in [2.45, 2.75) is 44.4 Å². The third kappa shape index (κ3) is 6.11. The number of allylic oxidation sites excluding steroid dienone is 1. The minimum atomic E-state index is -1.01. The Morgan fingerprint density at radius 2 is 1.71 bits per heavy atom. The van der Waals surface area contributed by atoms with Crippen LogP contribution in [0.4, 0.5) is 13.2 Å². The van der Waals surface area contributed by atoms with Crippen molar-refractivity contribution >= 4 is 11.8 Å². The molecular formula is C27H30F3N3O2. The number of benzene rings is 2. The molecule has 2 aromatic rings. The van der Waals surface area contributed by atoms with Gasteiger partial charge in [-0.15, -0.1) is 0 Å². The van der Waals surface area contributed by atoms with E-state index in [0.29, 0.717) is 29.3 Å². The molecule has 0 bridgehead atoms. The first-order valence-corrected chi connectivity index (χ1v) is 12.0. The Labute approximate surface area is 203 Å². The molecule has 0 aliphatic carbocycles. The summed E-state index contributed by atoms with van der Waals surface area (Å²) in [6, 6.07) is 10.2. The monoisotopic (exact) mass is 485 g/mol. The number of halogens is 3. The zero-order valence-electron chi connectivity index (χ0n) is 19.8. The molecule has 2 aromatic carbocycles. The van der Waals surface area contributed by atoms with Gasteiger partial charge in [0, 0.05) is 30.2 Å². The second-order valence-electron chi connectivity index (χ2n) is 9.29. The Kier molecular flexibility index (Phi) is 7.90. The standard InChI is InChI=1S/C27H30F3N3O2/c1-17-26(22(16-25(34)32-17)20-5-8-23(29)24(30)15-20)27(35)31-11-2-12-33-13-9-19(10-14-33)18-3-6-21(28)7-4-18/h3-8,15,19,22H,2,9-14,16H2,1H3,(H,31,35)(H,32,34)/t22-/m0/s1. The average molecular weight is 486 g/mol. The number of likely N-dealkylation sites (tertiary alicyclic amines) is 1. The van der Waals surface area contributed by atoms with E-state index in [4.69, 9.17) is 0 Å². The number of hydrogen-bond acceptors (Lipinski definition) is 3. The van der Waals surface area contributed by atoms with Crippen LogP contribution in [0.25, 0.3) is 0 Å². The Bertz CT molecular complexity index is 1110. The smallest absolute Gasteiger partial charge is 0.249 e. The van der Waals surface area contributed by atoms with Crippen molar-refractivity contribution in [3.05, 3.63) is 82.3 Å². The maximum Gasteiger partial charge on any atom is 0.249 e. The van der Waals surface area contributed by atoms with E-state index in [1.165, 1.54) is 23.8 Å². The molecule has 0 saturated carbocycles. The second kappa shape index (κ2) is 11.1. The van der Waals surface area contributed by atoms with Gasteiger partial charge in [0.15, 0.2) is 11.6 Å². The van der Waals surface area contributed by atoms with E-state index in [1.807, 2.05) is 12.1 Å². The van der Waals surface area contributed by atoms with E-state index in [0.717, 1.165) is 51.0 Å². The second-order valence-corrected chi connectivity index (χ2v) is 9.29. The van der Waals surface area contributed by atoms with Gasteiger partial charge in [-0.1, -0.05) is 18.2 Å². The first-order chi connectivity index (χ1) is 16.8. The molecule has 1 atom stereocenters. The number of amides is 2. The molecule has 0 spiro atoms. The molecule has 2 amide bonds. The van der Waals surface area contributed by atoms with Gasteiger partial charge in [0.05, 0.1) is 0 Å². The van der Waals surface area contributed by atoms with E-state index in [2.05, 4.69) is 15.5 Å². The molecule has 1 fully saturated rings. The zero-order valence-corrected chi connectivity index (χ0v) is 19.8. The Morgan fingerprint density at radius 1 is 1.03 bits per heavy atom. The normalized spacial score (nSPS) is 19.5. The Morgan fingerprint density at radius 3 is 2.40 bits per heavy atom. The molecule has 2 aliphatic rings. The van der Waals surface area contributed by atoms with E-state index in [-0.39, 0.29) is 24.1 Å². The third-order valence-electron chi connectivity index (χ3n) is 6.93. The van der Waals surface area contributed by atoms with Crippen LogP contribution in [0.1, 0.15) is 55.6 Å². The van der Waals surface area contributed by atoms with Crippen LogP contribution < -0.4 is 10.6 Å². The molecule has 2 aliphatic heterocycles. The maximum absolute atomic E-state index is 13.8. The molecule has 0 unspecified atom stereocenters. The van der Waals surface area contributed by atoms with E-state index >= 15 is 0 Å². The van der Waals surface area contributed by atoms with Crippen LogP contribution >= 0.6 is 0 Å². The maximum atomic E-state index is 13.8. The van der Waals surface area contributed by atoms with Crippen molar-refractivity contribution in [3.63, 3.8) is 0 Å². The SMILES string of the molecule is CC1=C(C(=O)NCCCN2CCC(c3ccc(F)cc3)CC2)[C@H](c2ccc(F)c(F)c2)CC(=O)N1. The fourth-order valence-corrected chi connectivity index (χ4v) is 5.04. The molecule has 35 heavy (non-hydrogen) atoms. The zero-order chi connectivity index (χ0) is 24.9. The lowest BCUT2D eigenvalue weighted by molar-refractivity contribution is -0.121. The summed E-state index contributed by atoms with van der Waals surface area (Å²) in [5.74, 6) is -2.96. The van der Waals surface area contributed by atoms with Crippen molar-refractivity contribution in [1.29, 1.82) is 0 Å². The van der Waals surface area contributed by atoms with Gasteiger partial charge < -0.3 is 15.5 Å². The number of hydrogen-bond donors (Lipinski definition) is 2. The van der Waals surface area contributed by atoms with Gasteiger partial charge >= 0.3 is 0 Å². The number of piperidine rings is 1. The van der Waals surface area contributed by atoms with Crippen LogP contribution in [0.15, 0.2) is 53.7 Å². The molecule has 8 heteroatoms. The molecule has 186 valence electrons. The van der Waals surface area contributed by atoms with E-state index in [1.54, 1.807) is 6.92 Å². The summed E-state index contributed by atoms with van der Waals surface area (Å²) >= 11 is 0. The first kappa shape index (κ1) is 25.0. The predicted molar refractivity (Wildman–Crippen MR) is 127 cm³/mol. The van der Waals surface area contributed by atoms with Crippen molar-refractivity contribution in [2.75, 3.05) is 26.2 Å². The van der Waals surface area contributed by atoms with Crippen LogP contribution in [-0.4, -0.2) is 42.9 Å². The first-order valence-electron chi connectivity index (χ1n) is 12.0. The van der Waals surface area contributed by atoms with Crippen LogP contribution in [0, 0.1) is 17.5 Å². The molecule has 0 radical (unpaired) electrons. The number of nitrogens with zero attached hydrogens (tertiary/aromatic N) is 1. The van der Waals surface area contributed by atoms with Gasteiger partial charge in [-0.3, -0.25) is 9.59 Å². The fourth-order valence-electron chi connectivity index (χ4n) is 5.04. The molecule has 4 rings (SSSR count). The van der Waals surface area contributed by atoms with Crippen molar-refractivity contribution in [3.8, 4) is 0 Å². The van der Waals surface area contributed by atoms with Gasteiger partial charge in [-0.25, -0.2) is 13.2 Å². The Balaban J connectivity index is 1.28. The van der Waals surface area contributed by atoms with Gasteiger partial charge in [-0.05, 0) is 87.1 Å². The lowest BCUT2D eigenvalue weighted by Gasteiger charge is -2.32. The summed E-state index contributed by atoms with van der Waals surface area (Å²) in [4.78, 5) is 27.4. The quantitative estimate of drug-likeness (QED) is 0.573. The van der Waals surface area contributed by atoms with E-state index < -0.39 is 17.6 Å². The number of carbonyl (C=O) groups is 2. The largest absolute Gasteiger partial charge is 0.352 e. The molecule has 2 N–H and O–H groups in total. The number of carbonyl (C=O) groups excluding carboxylic acids is 2. The lowest BCUT2D eigenvalue weighted by Crippen LogP contribution is -2.39. The molecule has 0 aromatic heterocycles. The minimum Gasteiger partial charge on any atom is -0.352 e. The van der Waals surface area contributed by atoms with Crippen LogP contribution in [0.3, 0.4) is 0 Å². The molecule has 2 heterocycles. The summed E-state index contributed by atoms with van der Waals surface area (Å²) in [6.07, 6.45) is 2.79. The highest BCUT2D eigenvalue weighted by Gasteiger charge is 2.32. The van der Waals surface area contributed by atoms with Crippen molar-refractivity contribution < 1.29 is 22.8 Å². The molecular weight excluding hydrogens is 455 g/mol. The van der Waals surface area contributed by atoms with Gasteiger partial charge in [0.1, 0.15) is 5.82 Å². The topological polar surface area (TPSA) is 61.4 Å². The summed E-state index contributed by atoms with van der Waals surface area (Å²) in [6.45, 7) is 4.85. The lowest BCUT2D eigenvalue weighted by atomic mass is 9.84. The van der Waals surface area contributed by atoms with Crippen LogP contribution in [-0.2, 0) is 9.59 Å². The molecule has 1 saturated heterocycles. The third-order valence-corrected chi connectivity index (χ3v) is 6.93. The highest BCUT2D eigenvalue weighted by Crippen LogP contribution is 2.33. The fraction of sp³-hybridized carbons (Fsp3) is 0.407. The van der Waals surface area contributed by atoms with E-state index in [9.17, 15) is 22.8 Å². The van der Waals surface area contributed by atoms with Crippen LogP contribution in [0.2, 0.25) is 0 Å². The number of rotatable bonds is 7. The summed E-state index contributed by atoms with van der Waals surface area (Å²) in [5, 5.41) is 5.61. The number of nitrogens with one attached hydrogen (secondary N) is 2. The Hall–Kier alpha value is -3.13. The molecule has 5 nitrogen and oxygen atoms in total. The average Bonchev–Trinajstić information content (AvgIpc) is 2.84.